The number of aliphatic carboxylic acids is 1. The van der Waals surface area contributed by atoms with Gasteiger partial charge in [0.15, 0.2) is 9.84 Å². The van der Waals surface area contributed by atoms with Crippen LogP contribution in [-0.4, -0.2) is 30.9 Å². The molecule has 1 aliphatic carbocycles. The summed E-state index contributed by atoms with van der Waals surface area (Å²) in [6, 6.07) is 4.25. The van der Waals surface area contributed by atoms with E-state index in [2.05, 4.69) is 0 Å². The third-order valence-electron chi connectivity index (χ3n) is 3.28. The predicted octanol–water partition coefficient (Wildman–Crippen LogP) is 1.30. The Bertz CT molecular complexity index is 599. The normalized spacial score (nSPS) is 17.4. The van der Waals surface area contributed by atoms with E-state index in [1.54, 1.807) is 0 Å². The van der Waals surface area contributed by atoms with E-state index in [1.807, 2.05) is 0 Å². The van der Waals surface area contributed by atoms with Crippen molar-refractivity contribution in [3.05, 3.63) is 23.8 Å². The first kappa shape index (κ1) is 12.9. The van der Waals surface area contributed by atoms with Crippen molar-refractivity contribution >= 4 is 15.8 Å². The minimum Gasteiger partial charge on any atom is -0.508 e. The van der Waals surface area contributed by atoms with E-state index in [4.69, 9.17) is 5.11 Å². The highest BCUT2D eigenvalue weighted by Crippen LogP contribution is 2.55. The molecule has 18 heavy (non-hydrogen) atoms. The van der Waals surface area contributed by atoms with Gasteiger partial charge >= 0.3 is 5.97 Å². The highest BCUT2D eigenvalue weighted by molar-refractivity contribution is 7.90. The van der Waals surface area contributed by atoms with E-state index < -0.39 is 21.2 Å². The van der Waals surface area contributed by atoms with E-state index in [0.29, 0.717) is 12.8 Å². The van der Waals surface area contributed by atoms with E-state index in [0.717, 1.165) is 6.26 Å². The van der Waals surface area contributed by atoms with Crippen LogP contribution in [0.3, 0.4) is 0 Å². The second-order valence-corrected chi connectivity index (χ2v) is 6.76. The van der Waals surface area contributed by atoms with Crippen LogP contribution in [0, 0.1) is 0 Å². The third kappa shape index (κ3) is 2.20. The maximum absolute atomic E-state index is 11.7. The summed E-state index contributed by atoms with van der Waals surface area (Å²) in [7, 11) is -3.49. The Morgan fingerprint density at radius 2 is 2.00 bits per heavy atom. The van der Waals surface area contributed by atoms with Crippen molar-refractivity contribution in [3.63, 3.8) is 0 Å². The molecule has 98 valence electrons. The predicted molar refractivity (Wildman–Crippen MR) is 64.4 cm³/mol. The van der Waals surface area contributed by atoms with Crippen molar-refractivity contribution in [2.75, 3.05) is 6.26 Å². The molecule has 1 fully saturated rings. The molecule has 1 aromatic carbocycles. The van der Waals surface area contributed by atoms with Gasteiger partial charge in [0, 0.05) is 17.2 Å². The lowest BCUT2D eigenvalue weighted by Gasteiger charge is -2.18. The summed E-state index contributed by atoms with van der Waals surface area (Å²) in [5.41, 5.74) is -0.467. The Kier molecular flexibility index (Phi) is 2.85. The van der Waals surface area contributed by atoms with Crippen LogP contribution in [0.25, 0.3) is 0 Å². The lowest BCUT2D eigenvalue weighted by Crippen LogP contribution is -2.17. The van der Waals surface area contributed by atoms with Crippen LogP contribution in [0.2, 0.25) is 0 Å². The second kappa shape index (κ2) is 3.98. The van der Waals surface area contributed by atoms with Gasteiger partial charge in [-0.1, -0.05) is 6.07 Å². The quantitative estimate of drug-likeness (QED) is 0.860. The van der Waals surface area contributed by atoms with Crippen LogP contribution in [0.15, 0.2) is 23.1 Å². The van der Waals surface area contributed by atoms with Gasteiger partial charge in [0.05, 0.1) is 11.3 Å². The molecule has 0 bridgehead atoms. The number of carboxylic acid groups (broad SMARTS) is 1. The van der Waals surface area contributed by atoms with Gasteiger partial charge in [0.25, 0.3) is 0 Å². The molecule has 0 heterocycles. The molecule has 0 aliphatic heterocycles. The van der Waals surface area contributed by atoms with E-state index in [9.17, 15) is 18.3 Å². The summed E-state index contributed by atoms with van der Waals surface area (Å²) in [4.78, 5) is 10.9. The summed E-state index contributed by atoms with van der Waals surface area (Å²) >= 11 is 0. The van der Waals surface area contributed by atoms with Gasteiger partial charge in [0.1, 0.15) is 5.75 Å². The molecule has 0 saturated heterocycles. The summed E-state index contributed by atoms with van der Waals surface area (Å²) in [5.74, 6) is -1.13. The van der Waals surface area contributed by atoms with Gasteiger partial charge < -0.3 is 10.2 Å². The summed E-state index contributed by atoms with van der Waals surface area (Å²) in [6.45, 7) is 0. The number of sulfone groups is 1. The highest BCUT2D eigenvalue weighted by Gasteiger charge is 2.49. The zero-order chi connectivity index (χ0) is 13.6. The van der Waals surface area contributed by atoms with Crippen molar-refractivity contribution in [2.45, 2.75) is 29.6 Å². The maximum atomic E-state index is 11.7. The van der Waals surface area contributed by atoms with Crippen LogP contribution in [0.1, 0.15) is 24.8 Å². The van der Waals surface area contributed by atoms with E-state index in [1.165, 1.54) is 18.2 Å². The van der Waals surface area contributed by atoms with Crippen molar-refractivity contribution in [1.29, 1.82) is 0 Å². The molecule has 6 heteroatoms. The van der Waals surface area contributed by atoms with Crippen molar-refractivity contribution in [3.8, 4) is 5.75 Å². The Labute approximate surface area is 105 Å². The zero-order valence-electron chi connectivity index (χ0n) is 9.88. The molecule has 0 amide bonds. The highest BCUT2D eigenvalue weighted by atomic mass is 32.2. The molecule has 0 radical (unpaired) electrons. The first-order chi connectivity index (χ1) is 8.26. The summed E-state index contributed by atoms with van der Waals surface area (Å²) < 4.78 is 23.4. The number of hydrogen-bond acceptors (Lipinski definition) is 4. The molecule has 1 aliphatic rings. The molecular formula is C12H14O5S. The number of aromatic hydroxyl groups is 1. The molecule has 0 unspecified atom stereocenters. The van der Waals surface area contributed by atoms with Crippen LogP contribution in [0.4, 0.5) is 0 Å². The van der Waals surface area contributed by atoms with Gasteiger partial charge in [0.2, 0.25) is 0 Å². The fraction of sp³-hybridized carbons (Fsp3) is 0.417. The first-order valence-electron chi connectivity index (χ1n) is 5.51. The fourth-order valence-corrected chi connectivity index (χ4v) is 3.33. The van der Waals surface area contributed by atoms with Gasteiger partial charge in [-0.05, 0) is 25.0 Å². The number of benzene rings is 1. The minimum atomic E-state index is -3.49. The number of hydrogen-bond donors (Lipinski definition) is 2. The van der Waals surface area contributed by atoms with E-state index in [-0.39, 0.29) is 22.6 Å². The molecular weight excluding hydrogens is 256 g/mol. The van der Waals surface area contributed by atoms with Gasteiger partial charge in [-0.3, -0.25) is 4.79 Å². The average Bonchev–Trinajstić information content (AvgIpc) is 2.95. The fourth-order valence-electron chi connectivity index (χ4n) is 2.32. The summed E-state index contributed by atoms with van der Waals surface area (Å²) in [5, 5.41) is 18.8. The summed E-state index contributed by atoms with van der Waals surface area (Å²) in [6.07, 6.45) is 2.06. The third-order valence-corrected chi connectivity index (χ3v) is 4.42. The van der Waals surface area contributed by atoms with Crippen molar-refractivity contribution in [1.82, 2.24) is 0 Å². The minimum absolute atomic E-state index is 0.0289. The Balaban J connectivity index is 2.61. The molecule has 0 aromatic heterocycles. The number of rotatable bonds is 4. The van der Waals surface area contributed by atoms with E-state index >= 15 is 0 Å². The maximum Gasteiger partial charge on any atom is 0.304 e. The monoisotopic (exact) mass is 270 g/mol. The Hall–Kier alpha value is -1.56. The molecule has 2 rings (SSSR count). The van der Waals surface area contributed by atoms with Gasteiger partial charge in [-0.2, -0.15) is 0 Å². The Morgan fingerprint density at radius 1 is 1.39 bits per heavy atom. The zero-order valence-corrected chi connectivity index (χ0v) is 10.7. The number of carbonyl (C=O) groups is 1. The molecule has 5 nitrogen and oxygen atoms in total. The second-order valence-electron chi connectivity index (χ2n) is 4.77. The Morgan fingerprint density at radius 3 is 2.44 bits per heavy atom. The largest absolute Gasteiger partial charge is 0.508 e. The van der Waals surface area contributed by atoms with Crippen LogP contribution in [-0.2, 0) is 20.0 Å². The van der Waals surface area contributed by atoms with Crippen LogP contribution in [0.5, 0.6) is 5.75 Å². The molecule has 1 aromatic rings. The van der Waals surface area contributed by atoms with Gasteiger partial charge in [-0.25, -0.2) is 8.42 Å². The smallest absolute Gasteiger partial charge is 0.304 e. The molecule has 1 saturated carbocycles. The lowest BCUT2D eigenvalue weighted by molar-refractivity contribution is -0.137. The molecule has 0 atom stereocenters. The first-order valence-corrected chi connectivity index (χ1v) is 7.40. The van der Waals surface area contributed by atoms with Gasteiger partial charge in [-0.15, -0.1) is 0 Å². The topological polar surface area (TPSA) is 91.7 Å². The van der Waals surface area contributed by atoms with Crippen molar-refractivity contribution in [2.24, 2.45) is 0 Å². The van der Waals surface area contributed by atoms with Crippen LogP contribution >= 0.6 is 0 Å². The standard InChI is InChI=1S/C12H14O5S/c1-18(16,17)9-4-2-3-8(13)11(9)12(5-6-12)7-10(14)15/h2-4,13H,5-7H2,1H3,(H,14,15). The van der Waals surface area contributed by atoms with Crippen molar-refractivity contribution < 1.29 is 23.4 Å². The number of phenols is 1. The van der Waals surface area contributed by atoms with Crippen LogP contribution < -0.4 is 0 Å². The number of carboxylic acids is 1. The average molecular weight is 270 g/mol. The lowest BCUT2D eigenvalue weighted by atomic mass is 9.91. The molecule has 2 N–H and O–H groups in total. The number of phenolic OH excluding ortho intramolecular Hbond substituents is 1. The molecule has 0 spiro atoms. The SMILES string of the molecule is CS(=O)(=O)c1cccc(O)c1C1(CC(=O)O)CC1.